The van der Waals surface area contributed by atoms with Gasteiger partial charge in [0.05, 0.1) is 12.5 Å². The summed E-state index contributed by atoms with van der Waals surface area (Å²) in [5.74, 6) is -0.408. The number of hydrogen-bond acceptors (Lipinski definition) is 4. The Morgan fingerprint density at radius 2 is 2.11 bits per heavy atom. The van der Waals surface area contributed by atoms with Crippen molar-refractivity contribution in [1.29, 1.82) is 0 Å². The van der Waals surface area contributed by atoms with Crippen LogP contribution in [-0.2, 0) is 6.42 Å². The van der Waals surface area contributed by atoms with Gasteiger partial charge in [-0.05, 0) is 31.5 Å². The van der Waals surface area contributed by atoms with Gasteiger partial charge >= 0.3 is 0 Å². The summed E-state index contributed by atoms with van der Waals surface area (Å²) in [6, 6.07) is 3.85. The fourth-order valence-electron chi connectivity index (χ4n) is 2.24. The van der Waals surface area contributed by atoms with Crippen molar-refractivity contribution in [3.63, 3.8) is 0 Å². The molecule has 1 saturated heterocycles. The molecule has 0 spiro atoms. The van der Waals surface area contributed by atoms with Gasteiger partial charge in [0, 0.05) is 5.56 Å². The lowest BCUT2D eigenvalue weighted by atomic mass is 10.1. The van der Waals surface area contributed by atoms with Crippen LogP contribution in [-0.4, -0.2) is 16.7 Å². The summed E-state index contributed by atoms with van der Waals surface area (Å²) < 4.78 is 32.1. The summed E-state index contributed by atoms with van der Waals surface area (Å²) in [6.07, 6.45) is 1.99. The second-order valence-corrected chi connectivity index (χ2v) is 4.57. The van der Waals surface area contributed by atoms with Crippen molar-refractivity contribution >= 4 is 0 Å². The highest BCUT2D eigenvalue weighted by Crippen LogP contribution is 2.21. The van der Waals surface area contributed by atoms with Gasteiger partial charge < -0.3 is 9.84 Å². The first-order valence-corrected chi connectivity index (χ1v) is 6.23. The molecule has 1 unspecified atom stereocenters. The molecule has 4 nitrogen and oxygen atoms in total. The number of benzene rings is 1. The zero-order chi connectivity index (χ0) is 13.2. The van der Waals surface area contributed by atoms with E-state index in [0.29, 0.717) is 5.82 Å². The summed E-state index contributed by atoms with van der Waals surface area (Å²) in [4.78, 5) is 4.20. The average molecular weight is 265 g/mol. The van der Waals surface area contributed by atoms with E-state index < -0.39 is 11.6 Å². The lowest BCUT2D eigenvalue weighted by molar-refractivity contribution is 0.371. The molecule has 0 saturated carbocycles. The van der Waals surface area contributed by atoms with E-state index in [2.05, 4.69) is 15.5 Å². The van der Waals surface area contributed by atoms with Gasteiger partial charge in [0.15, 0.2) is 5.82 Å². The summed E-state index contributed by atoms with van der Waals surface area (Å²) in [6.45, 7) is 0.927. The van der Waals surface area contributed by atoms with Crippen molar-refractivity contribution in [2.75, 3.05) is 6.54 Å². The molecule has 2 aromatic rings. The highest BCUT2D eigenvalue weighted by atomic mass is 19.1. The Balaban J connectivity index is 1.80. The smallest absolute Gasteiger partial charge is 0.231 e. The van der Waals surface area contributed by atoms with E-state index in [9.17, 15) is 8.78 Å². The van der Waals surface area contributed by atoms with E-state index in [1.807, 2.05) is 0 Å². The fraction of sp³-hybridized carbons (Fsp3) is 0.385. The molecule has 2 heterocycles. The van der Waals surface area contributed by atoms with E-state index >= 15 is 0 Å². The maximum Gasteiger partial charge on any atom is 0.231 e. The minimum Gasteiger partial charge on any atom is -0.339 e. The van der Waals surface area contributed by atoms with Crippen LogP contribution in [0.1, 0.15) is 36.2 Å². The predicted octanol–water partition coefficient (Wildman–Crippen LogP) is 2.36. The highest BCUT2D eigenvalue weighted by molar-refractivity contribution is 5.22. The quantitative estimate of drug-likeness (QED) is 0.925. The average Bonchev–Trinajstić information content (AvgIpc) is 3.04. The molecular weight excluding hydrogens is 252 g/mol. The molecule has 1 N–H and O–H groups in total. The number of nitrogens with zero attached hydrogens (tertiary/aromatic N) is 2. The van der Waals surface area contributed by atoms with Crippen molar-refractivity contribution in [3.8, 4) is 0 Å². The van der Waals surface area contributed by atoms with E-state index in [4.69, 9.17) is 4.52 Å². The molecule has 1 fully saturated rings. The molecule has 19 heavy (non-hydrogen) atoms. The van der Waals surface area contributed by atoms with Crippen molar-refractivity contribution < 1.29 is 13.3 Å². The van der Waals surface area contributed by atoms with Crippen molar-refractivity contribution in [3.05, 3.63) is 47.1 Å². The summed E-state index contributed by atoms with van der Waals surface area (Å²) >= 11 is 0. The van der Waals surface area contributed by atoms with Gasteiger partial charge in [-0.1, -0.05) is 11.2 Å². The number of halogens is 2. The summed E-state index contributed by atoms with van der Waals surface area (Å²) in [5, 5.41) is 7.10. The van der Waals surface area contributed by atoms with Crippen LogP contribution >= 0.6 is 0 Å². The van der Waals surface area contributed by atoms with Crippen LogP contribution in [0.5, 0.6) is 0 Å². The van der Waals surface area contributed by atoms with Gasteiger partial charge in [-0.25, -0.2) is 8.78 Å². The minimum atomic E-state index is -0.598. The number of rotatable bonds is 3. The highest BCUT2D eigenvalue weighted by Gasteiger charge is 2.22. The van der Waals surface area contributed by atoms with Crippen LogP contribution in [0, 0.1) is 11.6 Å². The topological polar surface area (TPSA) is 51.0 Å². The Morgan fingerprint density at radius 3 is 2.79 bits per heavy atom. The van der Waals surface area contributed by atoms with Crippen LogP contribution < -0.4 is 5.32 Å². The van der Waals surface area contributed by atoms with Crippen LogP contribution in [0.4, 0.5) is 8.78 Å². The molecule has 1 aliphatic rings. The number of aromatic nitrogens is 2. The fourth-order valence-corrected chi connectivity index (χ4v) is 2.24. The third kappa shape index (κ3) is 2.49. The Hall–Kier alpha value is -1.82. The van der Waals surface area contributed by atoms with Crippen LogP contribution in [0.2, 0.25) is 0 Å². The Bertz CT molecular complexity index is 559. The van der Waals surface area contributed by atoms with E-state index in [0.717, 1.165) is 19.4 Å². The van der Waals surface area contributed by atoms with E-state index in [-0.39, 0.29) is 23.9 Å². The van der Waals surface area contributed by atoms with Crippen LogP contribution in [0.25, 0.3) is 0 Å². The molecular formula is C13H13F2N3O. The normalized spacial score (nSPS) is 18.9. The molecule has 100 valence electrons. The third-order valence-electron chi connectivity index (χ3n) is 3.25. The Kier molecular flexibility index (Phi) is 3.25. The Labute approximate surface area is 108 Å². The first-order chi connectivity index (χ1) is 9.24. The van der Waals surface area contributed by atoms with Gasteiger partial charge in [-0.15, -0.1) is 0 Å². The van der Waals surface area contributed by atoms with E-state index in [1.54, 1.807) is 0 Å². The first-order valence-electron chi connectivity index (χ1n) is 6.23. The van der Waals surface area contributed by atoms with Gasteiger partial charge in [0.2, 0.25) is 5.89 Å². The van der Waals surface area contributed by atoms with Gasteiger partial charge in [0.1, 0.15) is 11.6 Å². The second kappa shape index (κ2) is 5.05. The zero-order valence-corrected chi connectivity index (χ0v) is 10.2. The molecule has 1 aliphatic heterocycles. The molecule has 1 aromatic carbocycles. The van der Waals surface area contributed by atoms with Crippen LogP contribution in [0.3, 0.4) is 0 Å². The van der Waals surface area contributed by atoms with Gasteiger partial charge in [-0.2, -0.15) is 4.98 Å². The van der Waals surface area contributed by atoms with Gasteiger partial charge in [0.25, 0.3) is 0 Å². The monoisotopic (exact) mass is 265 g/mol. The van der Waals surface area contributed by atoms with Gasteiger partial charge in [-0.3, -0.25) is 0 Å². The molecule has 3 rings (SSSR count). The third-order valence-corrected chi connectivity index (χ3v) is 3.25. The zero-order valence-electron chi connectivity index (χ0n) is 10.2. The lowest BCUT2D eigenvalue weighted by Crippen LogP contribution is -2.14. The second-order valence-electron chi connectivity index (χ2n) is 4.57. The molecule has 0 aliphatic carbocycles. The summed E-state index contributed by atoms with van der Waals surface area (Å²) in [5.41, 5.74) is -0.0444. The largest absolute Gasteiger partial charge is 0.339 e. The summed E-state index contributed by atoms with van der Waals surface area (Å²) in [7, 11) is 0. The molecule has 0 radical (unpaired) electrons. The standard InChI is InChI=1S/C13H13F2N3O/c14-9-3-1-4-10(15)8(9)7-12-17-13(18-19-12)11-5-2-6-16-11/h1,3-4,11,16H,2,5-7H2. The SMILES string of the molecule is Fc1cccc(F)c1Cc1nc(C2CCCN2)no1. The number of hydrogen-bond donors (Lipinski definition) is 1. The predicted molar refractivity (Wildman–Crippen MR) is 63.4 cm³/mol. The molecule has 0 amide bonds. The molecule has 0 bridgehead atoms. The van der Waals surface area contributed by atoms with E-state index in [1.165, 1.54) is 18.2 Å². The van der Waals surface area contributed by atoms with Crippen molar-refractivity contribution in [1.82, 2.24) is 15.5 Å². The Morgan fingerprint density at radius 1 is 1.32 bits per heavy atom. The molecule has 6 heteroatoms. The lowest BCUT2D eigenvalue weighted by Gasteiger charge is -2.02. The maximum absolute atomic E-state index is 13.5. The molecule has 1 atom stereocenters. The van der Waals surface area contributed by atoms with Crippen molar-refractivity contribution in [2.45, 2.75) is 25.3 Å². The first kappa shape index (κ1) is 12.2. The number of nitrogens with one attached hydrogen (secondary N) is 1. The van der Waals surface area contributed by atoms with Crippen LogP contribution in [0.15, 0.2) is 22.7 Å². The molecule has 1 aromatic heterocycles. The minimum absolute atomic E-state index is 0.0295. The van der Waals surface area contributed by atoms with Crippen molar-refractivity contribution in [2.24, 2.45) is 0 Å². The maximum atomic E-state index is 13.5.